The molecule has 0 amide bonds. The molecule has 0 aromatic rings. The zero-order valence-electron chi connectivity index (χ0n) is 4.53. The number of carbonyl (C=O) groups is 1. The van der Waals surface area contributed by atoms with E-state index in [0.717, 1.165) is 0 Å². The number of aliphatic carboxylic acids is 1. The van der Waals surface area contributed by atoms with Gasteiger partial charge in [-0.2, -0.15) is 0 Å². The summed E-state index contributed by atoms with van der Waals surface area (Å²) in [5.41, 5.74) is 0. The average Bonchev–Trinajstić information content (AvgIpc) is 1.90. The molecule has 0 bridgehead atoms. The third-order valence-electron chi connectivity index (χ3n) is 0.809. The van der Waals surface area contributed by atoms with Gasteiger partial charge in [0.1, 0.15) is 0 Å². The van der Waals surface area contributed by atoms with Crippen LogP contribution in [0.3, 0.4) is 0 Å². The first-order valence-corrected chi connectivity index (χ1v) is 2.36. The number of carboxylic acid groups (broad SMARTS) is 1. The van der Waals surface area contributed by atoms with Gasteiger partial charge in [0.05, 0.1) is 0 Å². The van der Waals surface area contributed by atoms with Crippen molar-refractivity contribution in [2.24, 2.45) is 4.99 Å². The van der Waals surface area contributed by atoms with Crippen LogP contribution in [0.4, 0.5) is 0 Å². The highest BCUT2D eigenvalue weighted by molar-refractivity contribution is 5.87. The largest absolute Gasteiger partial charge is 0.478 e. The minimum Gasteiger partial charge on any atom is -0.478 e. The molecule has 1 rings (SSSR count). The Hall–Kier alpha value is -1.32. The van der Waals surface area contributed by atoms with Crippen molar-refractivity contribution >= 4 is 12.2 Å². The lowest BCUT2D eigenvalue weighted by Gasteiger charge is -2.06. The molecule has 9 heavy (non-hydrogen) atoms. The maximum Gasteiger partial charge on any atom is 0.357 e. The molecule has 1 aliphatic heterocycles. The van der Waals surface area contributed by atoms with Crippen molar-refractivity contribution in [2.75, 3.05) is 0 Å². The first-order chi connectivity index (χ1) is 4.30. The third kappa shape index (κ3) is 1.28. The van der Waals surface area contributed by atoms with Crippen LogP contribution in [-0.2, 0) is 4.79 Å². The van der Waals surface area contributed by atoms with Crippen LogP contribution in [0.5, 0.6) is 0 Å². The number of hydrogen-bond acceptors (Lipinski definition) is 3. The van der Waals surface area contributed by atoms with Gasteiger partial charge < -0.3 is 10.4 Å². The van der Waals surface area contributed by atoms with E-state index in [1.54, 1.807) is 6.08 Å². The van der Waals surface area contributed by atoms with Crippen molar-refractivity contribution in [1.82, 2.24) is 5.32 Å². The van der Waals surface area contributed by atoms with E-state index in [-0.39, 0.29) is 6.17 Å². The van der Waals surface area contributed by atoms with Crippen LogP contribution >= 0.6 is 0 Å². The highest BCUT2D eigenvalue weighted by atomic mass is 16.4. The normalized spacial score (nSPS) is 17.3. The molecule has 0 saturated carbocycles. The fourth-order valence-corrected chi connectivity index (χ4v) is 0.442. The molecule has 1 radical (unpaired) electrons. The van der Waals surface area contributed by atoms with E-state index in [1.807, 2.05) is 0 Å². The molecule has 4 nitrogen and oxygen atoms in total. The Morgan fingerprint density at radius 1 is 1.78 bits per heavy atom. The predicted molar refractivity (Wildman–Crippen MR) is 31.6 cm³/mol. The summed E-state index contributed by atoms with van der Waals surface area (Å²) in [4.78, 5) is 13.6. The van der Waals surface area contributed by atoms with Crippen molar-refractivity contribution in [3.8, 4) is 0 Å². The second-order valence-corrected chi connectivity index (χ2v) is 1.44. The smallest absolute Gasteiger partial charge is 0.357 e. The summed E-state index contributed by atoms with van der Waals surface area (Å²) in [5, 5.41) is 10.7. The van der Waals surface area contributed by atoms with Crippen molar-refractivity contribution in [3.63, 3.8) is 0 Å². The van der Waals surface area contributed by atoms with Crippen LogP contribution in [0, 0.1) is 6.17 Å². The second kappa shape index (κ2) is 2.30. The van der Waals surface area contributed by atoms with Gasteiger partial charge in [-0.3, -0.25) is 0 Å². The summed E-state index contributed by atoms with van der Waals surface area (Å²) in [7, 11) is 0. The fraction of sp³-hybridized carbons (Fsp3) is 0. The van der Waals surface area contributed by atoms with E-state index < -0.39 is 5.97 Å². The van der Waals surface area contributed by atoms with Crippen LogP contribution < -0.4 is 5.32 Å². The van der Waals surface area contributed by atoms with Gasteiger partial charge in [-0.15, -0.1) is 0 Å². The maximum absolute atomic E-state index is 10.1. The summed E-state index contributed by atoms with van der Waals surface area (Å²) < 4.78 is 0. The minimum absolute atomic E-state index is 0.0440. The maximum atomic E-state index is 10.1. The molecule has 1 heterocycles. The molecule has 0 fully saturated rings. The van der Waals surface area contributed by atoms with Gasteiger partial charge >= 0.3 is 5.97 Å². The number of nitrogens with zero attached hydrogens (tertiary/aromatic N) is 1. The predicted octanol–water partition coefficient (Wildman–Crippen LogP) is -0.252. The molecule has 0 atom stereocenters. The molecule has 0 unspecified atom stereocenters. The second-order valence-electron chi connectivity index (χ2n) is 1.44. The first-order valence-electron chi connectivity index (χ1n) is 2.36. The van der Waals surface area contributed by atoms with Crippen LogP contribution in [0.2, 0.25) is 0 Å². The molecule has 0 saturated heterocycles. The first kappa shape index (κ1) is 5.81. The molecule has 0 aromatic carbocycles. The summed E-state index contributed by atoms with van der Waals surface area (Å²) in [6.07, 6.45) is 4.50. The van der Waals surface area contributed by atoms with Gasteiger partial charge in [-0.1, -0.05) is 0 Å². The van der Waals surface area contributed by atoms with Gasteiger partial charge in [-0.05, 0) is 6.08 Å². The zero-order chi connectivity index (χ0) is 6.69. The van der Waals surface area contributed by atoms with Crippen molar-refractivity contribution < 1.29 is 9.90 Å². The lowest BCUT2D eigenvalue weighted by Crippen LogP contribution is -2.24. The summed E-state index contributed by atoms with van der Waals surface area (Å²) in [6, 6.07) is 0. The van der Waals surface area contributed by atoms with Gasteiger partial charge in [0.15, 0.2) is 0 Å². The highest BCUT2D eigenvalue weighted by Crippen LogP contribution is 1.98. The number of rotatable bonds is 1. The summed E-state index contributed by atoms with van der Waals surface area (Å²) in [6.45, 7) is 0. The monoisotopic (exact) mass is 125 g/mol. The summed E-state index contributed by atoms with van der Waals surface area (Å²) >= 11 is 0. The van der Waals surface area contributed by atoms with Crippen LogP contribution in [0.25, 0.3) is 0 Å². The van der Waals surface area contributed by atoms with Crippen LogP contribution in [0.15, 0.2) is 17.3 Å². The molecule has 0 spiro atoms. The van der Waals surface area contributed by atoms with E-state index in [2.05, 4.69) is 10.3 Å². The number of allylic oxidation sites excluding steroid dienone is 1. The van der Waals surface area contributed by atoms with Crippen molar-refractivity contribution in [3.05, 3.63) is 18.4 Å². The molecule has 47 valence electrons. The molecule has 1 aliphatic rings. The molecule has 4 heteroatoms. The number of nitrogens with one attached hydrogen (secondary N) is 1. The van der Waals surface area contributed by atoms with Crippen molar-refractivity contribution in [2.45, 2.75) is 0 Å². The molecule has 2 N–H and O–H groups in total. The Balaban J connectivity index is 2.56. The third-order valence-corrected chi connectivity index (χ3v) is 0.809. The molecule has 0 aliphatic carbocycles. The van der Waals surface area contributed by atoms with Gasteiger partial charge in [0, 0.05) is 12.4 Å². The van der Waals surface area contributed by atoms with E-state index in [1.165, 1.54) is 12.4 Å². The van der Waals surface area contributed by atoms with E-state index in [9.17, 15) is 4.79 Å². The Morgan fingerprint density at radius 2 is 2.56 bits per heavy atom. The van der Waals surface area contributed by atoms with E-state index >= 15 is 0 Å². The zero-order valence-corrected chi connectivity index (χ0v) is 4.53. The number of aliphatic imine (C=N–C) groups is 1. The fourth-order valence-electron chi connectivity index (χ4n) is 0.442. The standard InChI is InChI=1S/C5H5N2O2/c8-5(9)4-6-2-1-3-7-4/h1-3,6H,(H,8,9). The Bertz CT molecular complexity index is 174. The lowest BCUT2D eigenvalue weighted by molar-refractivity contribution is -0.135. The van der Waals surface area contributed by atoms with Gasteiger partial charge in [0.2, 0.25) is 0 Å². The molecular formula is C5H5N2O2. The van der Waals surface area contributed by atoms with Crippen LogP contribution in [0.1, 0.15) is 0 Å². The SMILES string of the molecule is O=C(O)[C]1N=CC=CN1. The summed E-state index contributed by atoms with van der Waals surface area (Å²) in [5.74, 6) is -1.05. The Labute approximate surface area is 51.9 Å². The minimum atomic E-state index is -1.05. The molecular weight excluding hydrogens is 120 g/mol. The van der Waals surface area contributed by atoms with Crippen LogP contribution in [-0.4, -0.2) is 17.3 Å². The molecule has 0 aromatic heterocycles. The quantitative estimate of drug-likeness (QED) is 0.508. The Morgan fingerprint density at radius 3 is 2.89 bits per heavy atom. The van der Waals surface area contributed by atoms with Gasteiger partial charge in [-0.25, -0.2) is 9.79 Å². The number of carboxylic acids is 1. The van der Waals surface area contributed by atoms with Crippen molar-refractivity contribution in [1.29, 1.82) is 0 Å². The van der Waals surface area contributed by atoms with E-state index in [4.69, 9.17) is 5.11 Å². The lowest BCUT2D eigenvalue weighted by atomic mass is 10.4. The van der Waals surface area contributed by atoms with Gasteiger partial charge in [0.25, 0.3) is 6.17 Å². The highest BCUT2D eigenvalue weighted by Gasteiger charge is 2.15. The Kier molecular flexibility index (Phi) is 1.48. The average molecular weight is 125 g/mol. The number of hydrogen-bond donors (Lipinski definition) is 2. The topological polar surface area (TPSA) is 61.7 Å². The van der Waals surface area contributed by atoms with E-state index in [0.29, 0.717) is 0 Å².